The fourth-order valence-corrected chi connectivity index (χ4v) is 4.58. The van der Waals surface area contributed by atoms with Gasteiger partial charge in [-0.05, 0) is 56.5 Å². The third kappa shape index (κ3) is 4.07. The molecule has 1 aliphatic heterocycles. The van der Waals surface area contributed by atoms with Gasteiger partial charge in [-0.2, -0.15) is 4.98 Å². The van der Waals surface area contributed by atoms with E-state index in [0.29, 0.717) is 27.9 Å². The first-order valence-corrected chi connectivity index (χ1v) is 11.7. The van der Waals surface area contributed by atoms with Crippen LogP contribution in [0.15, 0.2) is 70.7 Å². The summed E-state index contributed by atoms with van der Waals surface area (Å²) in [6.45, 7) is 3.90. The van der Waals surface area contributed by atoms with Crippen LogP contribution in [0.5, 0.6) is 0 Å². The lowest BCUT2D eigenvalue weighted by Crippen LogP contribution is -2.33. The molecule has 0 radical (unpaired) electrons. The highest BCUT2D eigenvalue weighted by Gasteiger charge is 2.40. The van der Waals surface area contributed by atoms with Crippen LogP contribution < -0.4 is 16.3 Å². The van der Waals surface area contributed by atoms with E-state index in [9.17, 15) is 9.59 Å². The van der Waals surface area contributed by atoms with Crippen molar-refractivity contribution < 1.29 is 9.53 Å². The Hall–Kier alpha value is -3.58. The second-order valence-electron chi connectivity index (χ2n) is 8.47. The van der Waals surface area contributed by atoms with Crippen molar-refractivity contribution in [3.05, 3.63) is 92.5 Å². The number of esters is 1. The molecule has 2 aromatic carbocycles. The van der Waals surface area contributed by atoms with Crippen molar-refractivity contribution in [3.63, 3.8) is 0 Å². The van der Waals surface area contributed by atoms with Crippen LogP contribution in [-0.4, -0.2) is 22.1 Å². The summed E-state index contributed by atoms with van der Waals surface area (Å²) in [7, 11) is 0. The molecular formula is C26H25ClN4O3. The van der Waals surface area contributed by atoms with E-state index in [0.717, 1.165) is 29.7 Å². The minimum Gasteiger partial charge on any atom is -0.463 e. The van der Waals surface area contributed by atoms with E-state index in [4.69, 9.17) is 16.3 Å². The number of nitrogens with one attached hydrogen (secondary N) is 2. The van der Waals surface area contributed by atoms with E-state index in [-0.39, 0.29) is 18.3 Å². The Kier molecular flexibility index (Phi) is 5.87. The van der Waals surface area contributed by atoms with Crippen molar-refractivity contribution >= 4 is 34.9 Å². The predicted molar refractivity (Wildman–Crippen MR) is 133 cm³/mol. The number of rotatable bonds is 6. The molecule has 0 spiro atoms. The zero-order valence-corrected chi connectivity index (χ0v) is 19.7. The molecular weight excluding hydrogens is 452 g/mol. The minimum atomic E-state index is -0.468. The van der Waals surface area contributed by atoms with E-state index in [1.54, 1.807) is 23.6 Å². The Bertz CT molecular complexity index is 1330. The third-order valence-corrected chi connectivity index (χ3v) is 6.35. The Morgan fingerprint density at radius 1 is 1.18 bits per heavy atom. The van der Waals surface area contributed by atoms with Crippen LogP contribution in [0.3, 0.4) is 0 Å². The molecule has 2 heterocycles. The van der Waals surface area contributed by atoms with Gasteiger partial charge in [0.2, 0.25) is 0 Å². The average molecular weight is 477 g/mol. The molecule has 5 rings (SSSR count). The zero-order valence-electron chi connectivity index (χ0n) is 19.0. The van der Waals surface area contributed by atoms with Gasteiger partial charge < -0.3 is 15.4 Å². The normalized spacial score (nSPS) is 17.1. The summed E-state index contributed by atoms with van der Waals surface area (Å²) in [6.07, 6.45) is 1.84. The number of allylic oxidation sites excluding steroid dienone is 1. The highest BCUT2D eigenvalue weighted by atomic mass is 35.5. The Morgan fingerprint density at radius 2 is 1.88 bits per heavy atom. The summed E-state index contributed by atoms with van der Waals surface area (Å²) >= 11 is 6.06. The molecule has 7 nitrogen and oxygen atoms in total. The van der Waals surface area contributed by atoms with Crippen LogP contribution in [0, 0.1) is 0 Å². The number of aromatic nitrogens is 2. The largest absolute Gasteiger partial charge is 0.463 e. The van der Waals surface area contributed by atoms with Crippen LogP contribution in [0.1, 0.15) is 49.8 Å². The zero-order chi connectivity index (χ0) is 23.8. The molecule has 3 aromatic rings. The SMILES string of the molecule is CCOC(=O)C1=C(C)Nc2c(c(Nc3ccc(Cl)cc3)nc(=O)n2C2CC2)C1c1ccccc1. The molecule has 1 saturated carbocycles. The van der Waals surface area contributed by atoms with E-state index in [1.807, 2.05) is 49.4 Å². The van der Waals surface area contributed by atoms with Gasteiger partial charge in [-0.3, -0.25) is 4.57 Å². The molecule has 0 amide bonds. The van der Waals surface area contributed by atoms with Crippen molar-refractivity contribution in [1.82, 2.24) is 9.55 Å². The van der Waals surface area contributed by atoms with Crippen molar-refractivity contribution in [3.8, 4) is 0 Å². The van der Waals surface area contributed by atoms with Gasteiger partial charge in [-0.25, -0.2) is 9.59 Å². The molecule has 174 valence electrons. The van der Waals surface area contributed by atoms with Gasteiger partial charge in [-0.1, -0.05) is 41.9 Å². The summed E-state index contributed by atoms with van der Waals surface area (Å²) in [5.74, 6) is 0.200. The first-order chi connectivity index (χ1) is 16.5. The maximum Gasteiger partial charge on any atom is 0.351 e. The van der Waals surface area contributed by atoms with Gasteiger partial charge in [0.15, 0.2) is 0 Å². The highest BCUT2D eigenvalue weighted by Crippen LogP contribution is 2.47. The number of halogens is 1. The number of hydrogen-bond acceptors (Lipinski definition) is 6. The number of carbonyl (C=O) groups excluding carboxylic acids is 1. The number of hydrogen-bond donors (Lipinski definition) is 2. The van der Waals surface area contributed by atoms with Crippen LogP contribution in [0.2, 0.25) is 5.02 Å². The predicted octanol–water partition coefficient (Wildman–Crippen LogP) is 5.37. The molecule has 1 aliphatic carbocycles. The van der Waals surface area contributed by atoms with Crippen LogP contribution in [0.4, 0.5) is 17.3 Å². The van der Waals surface area contributed by atoms with Gasteiger partial charge in [0.25, 0.3) is 0 Å². The van der Waals surface area contributed by atoms with E-state index in [1.165, 1.54) is 0 Å². The molecule has 34 heavy (non-hydrogen) atoms. The first-order valence-electron chi connectivity index (χ1n) is 11.4. The van der Waals surface area contributed by atoms with E-state index in [2.05, 4.69) is 15.6 Å². The fourth-order valence-electron chi connectivity index (χ4n) is 4.45. The lowest BCUT2D eigenvalue weighted by atomic mass is 9.81. The number of ether oxygens (including phenoxy) is 1. The molecule has 1 aromatic heterocycles. The number of benzene rings is 2. The summed E-state index contributed by atoms with van der Waals surface area (Å²) in [5, 5.41) is 7.26. The Labute approximate surface area is 202 Å². The Morgan fingerprint density at radius 3 is 2.53 bits per heavy atom. The van der Waals surface area contributed by atoms with Crippen molar-refractivity contribution in [2.24, 2.45) is 0 Å². The van der Waals surface area contributed by atoms with Gasteiger partial charge >= 0.3 is 11.7 Å². The molecule has 1 fully saturated rings. The monoisotopic (exact) mass is 476 g/mol. The van der Waals surface area contributed by atoms with Crippen molar-refractivity contribution in [2.75, 3.05) is 17.2 Å². The summed E-state index contributed by atoms with van der Waals surface area (Å²) in [4.78, 5) is 30.8. The smallest absolute Gasteiger partial charge is 0.351 e. The lowest BCUT2D eigenvalue weighted by Gasteiger charge is -2.33. The molecule has 2 aliphatic rings. The van der Waals surface area contributed by atoms with Crippen molar-refractivity contribution in [1.29, 1.82) is 0 Å². The number of nitrogens with zero attached hydrogens (tertiary/aromatic N) is 2. The summed E-state index contributed by atoms with van der Waals surface area (Å²) < 4.78 is 7.17. The average Bonchev–Trinajstić information content (AvgIpc) is 3.65. The standard InChI is InChI=1S/C26H25ClN4O3/c1-3-34-25(32)20-15(2)28-24-22(21(20)16-7-5-4-6-8-16)23(29-18-11-9-17(27)10-12-18)30-26(33)31(24)19-13-14-19/h4-12,19,21,28H,3,13-14H2,1-2H3,(H,29,30,33). The van der Waals surface area contributed by atoms with E-state index < -0.39 is 11.9 Å². The molecule has 1 atom stereocenters. The molecule has 2 N–H and O–H groups in total. The summed E-state index contributed by atoms with van der Waals surface area (Å²) in [5.41, 5.74) is 3.22. The van der Waals surface area contributed by atoms with Gasteiger partial charge in [0.05, 0.1) is 18.1 Å². The van der Waals surface area contributed by atoms with Gasteiger partial charge in [-0.15, -0.1) is 0 Å². The lowest BCUT2D eigenvalue weighted by molar-refractivity contribution is -0.138. The second kappa shape index (κ2) is 8.99. The van der Waals surface area contributed by atoms with Crippen LogP contribution in [-0.2, 0) is 9.53 Å². The molecule has 8 heteroatoms. The number of anilines is 3. The highest BCUT2D eigenvalue weighted by molar-refractivity contribution is 6.30. The number of fused-ring (bicyclic) bond motifs is 1. The van der Waals surface area contributed by atoms with Crippen LogP contribution in [0.25, 0.3) is 0 Å². The minimum absolute atomic E-state index is 0.0965. The fraction of sp³-hybridized carbons (Fsp3) is 0.269. The van der Waals surface area contributed by atoms with Gasteiger partial charge in [0, 0.05) is 28.0 Å². The van der Waals surface area contributed by atoms with Crippen molar-refractivity contribution in [2.45, 2.75) is 38.6 Å². The topological polar surface area (TPSA) is 85.2 Å². The van der Waals surface area contributed by atoms with Crippen LogP contribution >= 0.6 is 11.6 Å². The summed E-state index contributed by atoms with van der Waals surface area (Å²) in [6, 6.07) is 17.0. The number of carbonyl (C=O) groups is 1. The Balaban J connectivity index is 1.76. The van der Waals surface area contributed by atoms with Gasteiger partial charge in [0.1, 0.15) is 11.6 Å². The molecule has 0 saturated heterocycles. The first kappa shape index (κ1) is 22.2. The quantitative estimate of drug-likeness (QED) is 0.465. The second-order valence-corrected chi connectivity index (χ2v) is 8.90. The maximum absolute atomic E-state index is 13.2. The third-order valence-electron chi connectivity index (χ3n) is 6.10. The molecule has 1 unspecified atom stereocenters. The van der Waals surface area contributed by atoms with E-state index >= 15 is 0 Å². The molecule has 0 bridgehead atoms. The maximum atomic E-state index is 13.2.